The van der Waals surface area contributed by atoms with Crippen LogP contribution in [0.25, 0.3) is 0 Å². The summed E-state index contributed by atoms with van der Waals surface area (Å²) in [6.07, 6.45) is -4.35. The van der Waals surface area contributed by atoms with Crippen LogP contribution in [0, 0.1) is 10.8 Å². The van der Waals surface area contributed by atoms with Crippen LogP contribution in [0.3, 0.4) is 0 Å². The minimum absolute atomic E-state index is 0.0307. The number of nitrogens with zero attached hydrogens (tertiary/aromatic N) is 1. The van der Waals surface area contributed by atoms with E-state index in [1.807, 2.05) is 0 Å². The molecular formula is C19H20F9NO2. The van der Waals surface area contributed by atoms with Gasteiger partial charge in [-0.15, -0.1) is 0 Å². The molecule has 31 heavy (non-hydrogen) atoms. The summed E-state index contributed by atoms with van der Waals surface area (Å²) in [4.78, 5) is 25.5. The quantitative estimate of drug-likeness (QED) is 0.487. The van der Waals surface area contributed by atoms with Crippen LogP contribution in [-0.2, 0) is 9.59 Å². The Bertz CT molecular complexity index is 785. The van der Waals surface area contributed by atoms with Crippen LogP contribution in [0.1, 0.15) is 33.1 Å². The highest BCUT2D eigenvalue weighted by Gasteiger charge is 2.82. The van der Waals surface area contributed by atoms with Crippen molar-refractivity contribution in [3.8, 4) is 0 Å². The number of hydrogen-bond donors (Lipinski definition) is 0. The summed E-state index contributed by atoms with van der Waals surface area (Å²) in [6.45, 7) is 2.27. The lowest BCUT2D eigenvalue weighted by Gasteiger charge is -2.42. The molecule has 0 aromatic carbocycles. The molecule has 2 rings (SSSR count). The van der Waals surface area contributed by atoms with E-state index in [9.17, 15) is 49.1 Å². The monoisotopic (exact) mass is 465 g/mol. The topological polar surface area (TPSA) is 37.4 Å². The molecule has 1 fully saturated rings. The molecule has 0 aromatic rings. The lowest BCUT2D eigenvalue weighted by molar-refractivity contribution is -0.399. The van der Waals surface area contributed by atoms with E-state index >= 15 is 0 Å². The average molecular weight is 465 g/mol. The molecule has 1 aliphatic heterocycles. The fraction of sp³-hybridized carbons (Fsp3) is 0.684. The van der Waals surface area contributed by atoms with Crippen molar-refractivity contribution in [1.29, 1.82) is 0 Å². The molecule has 1 heterocycles. The number of rotatable bonds is 7. The molecule has 1 saturated heterocycles. The normalized spacial score (nSPS) is 24.5. The van der Waals surface area contributed by atoms with E-state index < -0.39 is 52.9 Å². The van der Waals surface area contributed by atoms with E-state index in [1.54, 1.807) is 6.92 Å². The number of carbonyl (C=O) groups is 2. The lowest BCUT2D eigenvalue weighted by atomic mass is 9.61. The first-order valence-electron chi connectivity index (χ1n) is 9.30. The molecule has 12 heteroatoms. The highest BCUT2D eigenvalue weighted by atomic mass is 19.4. The van der Waals surface area contributed by atoms with Crippen molar-refractivity contribution in [2.75, 3.05) is 13.1 Å². The van der Waals surface area contributed by atoms with Crippen molar-refractivity contribution in [3.63, 3.8) is 0 Å². The molecule has 1 spiro atoms. The standard InChI is InChI=1S/C19H20F9NO2/c1-3-4-9-29-11-15(7-5-12(30)6-8-15)14(2,13(29)31)10-16(20,21)17(22,23)18(24,25)19(26,27)28/h5-8H,3-4,9-11H2,1-2H3. The van der Waals surface area contributed by atoms with Gasteiger partial charge in [0.1, 0.15) is 0 Å². The third-order valence-corrected chi connectivity index (χ3v) is 5.90. The molecule has 1 amide bonds. The van der Waals surface area contributed by atoms with E-state index in [-0.39, 0.29) is 13.1 Å². The highest BCUT2D eigenvalue weighted by molar-refractivity contribution is 6.01. The molecule has 0 aromatic heterocycles. The van der Waals surface area contributed by atoms with E-state index in [1.165, 1.54) is 0 Å². The van der Waals surface area contributed by atoms with Gasteiger partial charge >= 0.3 is 23.9 Å². The first kappa shape index (κ1) is 25.3. The number of allylic oxidation sites excluding steroid dienone is 2. The number of unbranched alkanes of at least 4 members (excludes halogenated alkanes) is 1. The maximum absolute atomic E-state index is 14.5. The molecule has 1 atom stereocenters. The second-order valence-electron chi connectivity index (χ2n) is 8.05. The molecule has 0 saturated carbocycles. The summed E-state index contributed by atoms with van der Waals surface area (Å²) in [6, 6.07) is 0. The summed E-state index contributed by atoms with van der Waals surface area (Å²) in [5.74, 6) is -21.5. The Morgan fingerprint density at radius 2 is 1.45 bits per heavy atom. The summed E-state index contributed by atoms with van der Waals surface area (Å²) in [5.41, 5.74) is -4.28. The maximum Gasteiger partial charge on any atom is 0.460 e. The number of carbonyl (C=O) groups excluding carboxylic acids is 2. The Hall–Kier alpha value is -2.01. The van der Waals surface area contributed by atoms with E-state index in [0.717, 1.165) is 36.1 Å². The van der Waals surface area contributed by atoms with Gasteiger partial charge in [-0.1, -0.05) is 25.5 Å². The lowest BCUT2D eigenvalue weighted by Crippen LogP contribution is -2.62. The van der Waals surface area contributed by atoms with Crippen molar-refractivity contribution in [2.45, 2.75) is 57.1 Å². The highest BCUT2D eigenvalue weighted by Crippen LogP contribution is 2.60. The van der Waals surface area contributed by atoms with Crippen molar-refractivity contribution in [2.24, 2.45) is 10.8 Å². The molecule has 176 valence electrons. The van der Waals surface area contributed by atoms with E-state index in [4.69, 9.17) is 0 Å². The van der Waals surface area contributed by atoms with Gasteiger partial charge in [0.15, 0.2) is 5.78 Å². The zero-order valence-corrected chi connectivity index (χ0v) is 16.5. The summed E-state index contributed by atoms with van der Waals surface area (Å²) >= 11 is 0. The molecule has 0 N–H and O–H groups in total. The van der Waals surface area contributed by atoms with Crippen molar-refractivity contribution in [3.05, 3.63) is 24.3 Å². The van der Waals surface area contributed by atoms with E-state index in [2.05, 4.69) is 0 Å². The molecule has 2 aliphatic rings. The Morgan fingerprint density at radius 1 is 0.935 bits per heavy atom. The van der Waals surface area contributed by atoms with Crippen molar-refractivity contribution in [1.82, 2.24) is 4.90 Å². The smallest absolute Gasteiger partial charge is 0.341 e. The first-order chi connectivity index (χ1) is 13.9. The number of hydrogen-bond acceptors (Lipinski definition) is 2. The molecule has 1 aliphatic carbocycles. The second-order valence-corrected chi connectivity index (χ2v) is 8.05. The number of alkyl halides is 9. The Kier molecular flexibility index (Phi) is 6.14. The molecule has 0 bridgehead atoms. The molecular weight excluding hydrogens is 445 g/mol. The van der Waals surface area contributed by atoms with Crippen LogP contribution in [0.2, 0.25) is 0 Å². The summed E-state index contributed by atoms with van der Waals surface area (Å²) in [5, 5.41) is 0. The fourth-order valence-electron chi connectivity index (χ4n) is 3.89. The molecule has 0 radical (unpaired) electrons. The van der Waals surface area contributed by atoms with Crippen LogP contribution in [0.15, 0.2) is 24.3 Å². The molecule has 3 nitrogen and oxygen atoms in total. The zero-order valence-electron chi connectivity index (χ0n) is 16.5. The van der Waals surface area contributed by atoms with E-state index in [0.29, 0.717) is 12.8 Å². The van der Waals surface area contributed by atoms with Crippen LogP contribution >= 0.6 is 0 Å². The Labute approximate surface area is 171 Å². The Balaban J connectivity index is 2.54. The van der Waals surface area contributed by atoms with Gasteiger partial charge < -0.3 is 4.90 Å². The largest absolute Gasteiger partial charge is 0.460 e. The SMILES string of the molecule is CCCCN1CC2(C=CC(=O)C=C2)C(C)(CC(F)(F)C(F)(F)C(F)(F)C(F)(F)F)C1=O. The van der Waals surface area contributed by atoms with Crippen LogP contribution in [0.4, 0.5) is 39.5 Å². The molecule has 1 unspecified atom stereocenters. The predicted molar refractivity (Wildman–Crippen MR) is 90.8 cm³/mol. The predicted octanol–water partition coefficient (Wildman–Crippen LogP) is 5.17. The van der Waals surface area contributed by atoms with Gasteiger partial charge in [-0.05, 0) is 25.5 Å². The number of halogens is 9. The van der Waals surface area contributed by atoms with Crippen LogP contribution in [0.5, 0.6) is 0 Å². The van der Waals surface area contributed by atoms with Crippen LogP contribution < -0.4 is 0 Å². The summed E-state index contributed by atoms with van der Waals surface area (Å²) < 4.78 is 121. The Morgan fingerprint density at radius 3 is 1.90 bits per heavy atom. The summed E-state index contributed by atoms with van der Waals surface area (Å²) in [7, 11) is 0. The van der Waals surface area contributed by atoms with Gasteiger partial charge in [-0.3, -0.25) is 9.59 Å². The zero-order chi connectivity index (χ0) is 24.1. The number of likely N-dealkylation sites (tertiary alicyclic amines) is 1. The van der Waals surface area contributed by atoms with Gasteiger partial charge in [0, 0.05) is 24.9 Å². The second kappa shape index (κ2) is 7.54. The minimum Gasteiger partial charge on any atom is -0.341 e. The number of amides is 1. The van der Waals surface area contributed by atoms with Crippen molar-refractivity contribution < 1.29 is 49.1 Å². The van der Waals surface area contributed by atoms with Gasteiger partial charge in [-0.25, -0.2) is 0 Å². The van der Waals surface area contributed by atoms with Gasteiger partial charge in [0.25, 0.3) is 0 Å². The first-order valence-corrected chi connectivity index (χ1v) is 9.30. The third kappa shape index (κ3) is 3.75. The average Bonchev–Trinajstić information content (AvgIpc) is 2.82. The minimum atomic E-state index is -7.04. The van der Waals surface area contributed by atoms with Crippen molar-refractivity contribution >= 4 is 11.7 Å². The fourth-order valence-corrected chi connectivity index (χ4v) is 3.89. The van der Waals surface area contributed by atoms with Crippen LogP contribution in [-0.4, -0.2) is 53.6 Å². The number of ketones is 1. The maximum atomic E-state index is 14.5. The van der Waals surface area contributed by atoms with Gasteiger partial charge in [0.05, 0.1) is 5.41 Å². The van der Waals surface area contributed by atoms with Gasteiger partial charge in [0.2, 0.25) is 5.91 Å². The third-order valence-electron chi connectivity index (χ3n) is 5.90. The van der Waals surface area contributed by atoms with Gasteiger partial charge in [-0.2, -0.15) is 39.5 Å².